The number of hydrogen-bond donors (Lipinski definition) is 0. The van der Waals surface area contributed by atoms with E-state index in [0.717, 1.165) is 19.3 Å². The predicted molar refractivity (Wildman–Crippen MR) is 89.6 cm³/mol. The fourth-order valence-electron chi connectivity index (χ4n) is 3.42. The van der Waals surface area contributed by atoms with E-state index in [1.807, 2.05) is 0 Å². The number of aryl methyl sites for hydroxylation is 1. The van der Waals surface area contributed by atoms with Crippen LogP contribution in [-0.2, 0) is 17.6 Å². The number of benzene rings is 1. The SMILES string of the molecule is CCCCCCc1cccc(CC(=O)C2CCCCC2)c1. The Morgan fingerprint density at radius 2 is 1.81 bits per heavy atom. The first-order valence-electron chi connectivity index (χ1n) is 8.90. The quantitative estimate of drug-likeness (QED) is 0.577. The molecule has 0 unspecified atom stereocenters. The summed E-state index contributed by atoms with van der Waals surface area (Å²) in [5.74, 6) is 0.810. The maximum Gasteiger partial charge on any atom is 0.140 e. The molecular formula is C20H30O. The van der Waals surface area contributed by atoms with E-state index in [1.165, 1.54) is 56.1 Å². The van der Waals surface area contributed by atoms with Crippen LogP contribution in [0.5, 0.6) is 0 Å². The van der Waals surface area contributed by atoms with Gasteiger partial charge in [-0.25, -0.2) is 0 Å². The molecule has 0 amide bonds. The second kappa shape index (κ2) is 9.02. The predicted octanol–water partition coefficient (Wildman–Crippen LogP) is 5.50. The maximum atomic E-state index is 12.4. The Labute approximate surface area is 130 Å². The van der Waals surface area contributed by atoms with Crippen LogP contribution in [-0.4, -0.2) is 5.78 Å². The van der Waals surface area contributed by atoms with Crippen LogP contribution < -0.4 is 0 Å². The lowest BCUT2D eigenvalue weighted by Gasteiger charge is -2.20. The third-order valence-electron chi connectivity index (χ3n) is 4.75. The van der Waals surface area contributed by atoms with Crippen molar-refractivity contribution >= 4 is 5.78 Å². The Hall–Kier alpha value is -1.11. The number of rotatable bonds is 8. The first-order valence-corrected chi connectivity index (χ1v) is 8.90. The monoisotopic (exact) mass is 286 g/mol. The number of carbonyl (C=O) groups excluding carboxylic acids is 1. The zero-order valence-electron chi connectivity index (χ0n) is 13.6. The standard InChI is InChI=1S/C20H30O/c1-2-3-4-6-10-17-11-9-12-18(15-17)16-20(21)19-13-7-5-8-14-19/h9,11-12,15,19H,2-8,10,13-14,16H2,1H3. The van der Waals surface area contributed by atoms with Crippen molar-refractivity contribution in [2.24, 2.45) is 5.92 Å². The number of Topliss-reactive ketones (excluding diaryl/α,β-unsaturated/α-hetero) is 1. The average molecular weight is 286 g/mol. The van der Waals surface area contributed by atoms with E-state index in [0.29, 0.717) is 18.1 Å². The van der Waals surface area contributed by atoms with Crippen molar-refractivity contribution in [2.75, 3.05) is 0 Å². The summed E-state index contributed by atoms with van der Waals surface area (Å²) in [6.45, 7) is 2.25. The highest BCUT2D eigenvalue weighted by Crippen LogP contribution is 2.25. The van der Waals surface area contributed by atoms with E-state index in [-0.39, 0.29) is 0 Å². The molecule has 21 heavy (non-hydrogen) atoms. The zero-order valence-corrected chi connectivity index (χ0v) is 13.6. The lowest BCUT2D eigenvalue weighted by atomic mass is 9.84. The van der Waals surface area contributed by atoms with E-state index in [9.17, 15) is 4.79 Å². The van der Waals surface area contributed by atoms with Crippen LogP contribution in [0.2, 0.25) is 0 Å². The van der Waals surface area contributed by atoms with Gasteiger partial charge in [-0.15, -0.1) is 0 Å². The molecule has 0 heterocycles. The molecule has 1 aliphatic carbocycles. The highest BCUT2D eigenvalue weighted by Gasteiger charge is 2.20. The molecule has 0 radical (unpaired) electrons. The van der Waals surface area contributed by atoms with E-state index >= 15 is 0 Å². The topological polar surface area (TPSA) is 17.1 Å². The molecule has 1 fully saturated rings. The Morgan fingerprint density at radius 1 is 1.05 bits per heavy atom. The molecular weight excluding hydrogens is 256 g/mol. The Kier molecular flexibility index (Phi) is 6.99. The normalized spacial score (nSPS) is 16.0. The van der Waals surface area contributed by atoms with Crippen molar-refractivity contribution in [1.29, 1.82) is 0 Å². The van der Waals surface area contributed by atoms with Gasteiger partial charge in [-0.3, -0.25) is 4.79 Å². The van der Waals surface area contributed by atoms with Crippen molar-refractivity contribution in [3.8, 4) is 0 Å². The van der Waals surface area contributed by atoms with E-state index < -0.39 is 0 Å². The Morgan fingerprint density at radius 3 is 2.57 bits per heavy atom. The van der Waals surface area contributed by atoms with Gasteiger partial charge in [0.15, 0.2) is 0 Å². The molecule has 1 heteroatoms. The summed E-state index contributed by atoms with van der Waals surface area (Å²) in [7, 11) is 0. The number of hydrogen-bond acceptors (Lipinski definition) is 1. The fourth-order valence-corrected chi connectivity index (χ4v) is 3.42. The van der Waals surface area contributed by atoms with Gasteiger partial charge in [0.2, 0.25) is 0 Å². The van der Waals surface area contributed by atoms with Crippen LogP contribution >= 0.6 is 0 Å². The van der Waals surface area contributed by atoms with Gasteiger partial charge < -0.3 is 0 Å². The third-order valence-corrected chi connectivity index (χ3v) is 4.75. The molecule has 116 valence electrons. The molecule has 0 aromatic heterocycles. The molecule has 0 aliphatic heterocycles. The van der Waals surface area contributed by atoms with Gasteiger partial charge in [-0.1, -0.05) is 69.7 Å². The van der Waals surface area contributed by atoms with Crippen LogP contribution in [0.1, 0.15) is 75.8 Å². The van der Waals surface area contributed by atoms with Crippen molar-refractivity contribution < 1.29 is 4.79 Å². The minimum atomic E-state index is 0.340. The number of unbranched alkanes of at least 4 members (excludes halogenated alkanes) is 3. The molecule has 0 bridgehead atoms. The number of carbonyl (C=O) groups is 1. The molecule has 1 nitrogen and oxygen atoms in total. The van der Waals surface area contributed by atoms with Gasteiger partial charge in [-0.05, 0) is 36.8 Å². The molecule has 1 aliphatic rings. The molecule has 2 rings (SSSR count). The summed E-state index contributed by atoms with van der Waals surface area (Å²) in [5, 5.41) is 0. The van der Waals surface area contributed by atoms with Gasteiger partial charge in [0, 0.05) is 12.3 Å². The van der Waals surface area contributed by atoms with Crippen LogP contribution in [0.3, 0.4) is 0 Å². The third kappa shape index (κ3) is 5.65. The molecule has 1 saturated carbocycles. The molecule has 0 spiro atoms. The Balaban J connectivity index is 1.83. The first-order chi connectivity index (χ1) is 10.3. The lowest BCUT2D eigenvalue weighted by molar-refractivity contribution is -0.123. The Bertz CT molecular complexity index is 429. The van der Waals surface area contributed by atoms with Crippen molar-refractivity contribution in [2.45, 2.75) is 77.6 Å². The molecule has 0 saturated heterocycles. The summed E-state index contributed by atoms with van der Waals surface area (Å²) in [5.41, 5.74) is 2.62. The van der Waals surface area contributed by atoms with Crippen molar-refractivity contribution in [3.63, 3.8) is 0 Å². The van der Waals surface area contributed by atoms with Crippen LogP contribution in [0.4, 0.5) is 0 Å². The van der Waals surface area contributed by atoms with Crippen LogP contribution in [0.25, 0.3) is 0 Å². The summed E-state index contributed by atoms with van der Waals surface area (Å²) in [6.07, 6.45) is 13.1. The van der Waals surface area contributed by atoms with Gasteiger partial charge in [0.25, 0.3) is 0 Å². The van der Waals surface area contributed by atoms with E-state index in [2.05, 4.69) is 31.2 Å². The summed E-state index contributed by atoms with van der Waals surface area (Å²) >= 11 is 0. The summed E-state index contributed by atoms with van der Waals surface area (Å²) in [4.78, 5) is 12.4. The van der Waals surface area contributed by atoms with E-state index in [1.54, 1.807) is 0 Å². The van der Waals surface area contributed by atoms with Crippen LogP contribution in [0, 0.1) is 5.92 Å². The second-order valence-corrected chi connectivity index (χ2v) is 6.61. The largest absolute Gasteiger partial charge is 0.299 e. The van der Waals surface area contributed by atoms with Gasteiger partial charge >= 0.3 is 0 Å². The molecule has 0 N–H and O–H groups in total. The average Bonchev–Trinajstić information content (AvgIpc) is 2.53. The maximum absolute atomic E-state index is 12.4. The van der Waals surface area contributed by atoms with E-state index in [4.69, 9.17) is 0 Å². The summed E-state index contributed by atoms with van der Waals surface area (Å²) < 4.78 is 0. The minimum absolute atomic E-state index is 0.340. The lowest BCUT2D eigenvalue weighted by Crippen LogP contribution is -2.19. The summed E-state index contributed by atoms with van der Waals surface area (Å²) in [6, 6.07) is 8.71. The highest BCUT2D eigenvalue weighted by atomic mass is 16.1. The molecule has 0 atom stereocenters. The molecule has 1 aromatic rings. The number of ketones is 1. The zero-order chi connectivity index (χ0) is 14.9. The minimum Gasteiger partial charge on any atom is -0.299 e. The van der Waals surface area contributed by atoms with Gasteiger partial charge in [0.1, 0.15) is 5.78 Å². The van der Waals surface area contributed by atoms with Crippen LogP contribution in [0.15, 0.2) is 24.3 Å². The second-order valence-electron chi connectivity index (χ2n) is 6.61. The van der Waals surface area contributed by atoms with Gasteiger partial charge in [-0.2, -0.15) is 0 Å². The molecule has 1 aromatic carbocycles. The van der Waals surface area contributed by atoms with Gasteiger partial charge in [0.05, 0.1) is 0 Å². The highest BCUT2D eigenvalue weighted by molar-refractivity contribution is 5.83. The van der Waals surface area contributed by atoms with Crippen molar-refractivity contribution in [1.82, 2.24) is 0 Å². The fraction of sp³-hybridized carbons (Fsp3) is 0.650. The first kappa shape index (κ1) is 16.3. The van der Waals surface area contributed by atoms with Crippen molar-refractivity contribution in [3.05, 3.63) is 35.4 Å². The smallest absolute Gasteiger partial charge is 0.140 e.